The predicted octanol–water partition coefficient (Wildman–Crippen LogP) is 6.74. The van der Waals surface area contributed by atoms with Gasteiger partial charge >= 0.3 is 5.97 Å². The Kier molecular flexibility index (Phi) is 22.7. The van der Waals surface area contributed by atoms with Gasteiger partial charge < -0.3 is 54.3 Å². The molecule has 440 valence electrons. The standard InChI is InChI=1S/C59H75FN10O12/c1-6-59(2,3)52(73)56(75)69-27-8-7-14-45(69)57(76)82-46(21-17-39-18-22-47(77-4)48(34-39)78-5)41-12-9-13-44(35-41)64-50(72)24-23-49(71)62-25-10-28-79-30-32-81-33-31-80-29-11-26-68-38-42(36-63-68)53-65-51-54(66-58(61)67-55(51)74)70(53)37-40-15-19-43(60)20-16-40/h9,12-13,15-16,18-20,22,34-36,38,45-46H,6-8,10-11,14,17,21,23-33,37H2,1-5H3,(H,62,71)(H,64,72)(H3,61,66,67,74)/t45-,46+/m0/s1. The SMILES string of the molecule is CCC(C)(C)C(=O)C(=O)N1CCCC[C@H]1C(=O)O[C@H](CCc1ccc(OC)c(OC)c1)c1cccc(NC(=O)CCC(=O)NCCCOCCOCCOCCCn2cc(-c3nc4c(=O)[nH]c(N)nc4n3Cc3ccc(F)cc3)cn2)c1. The normalized spacial score (nSPS) is 13.9. The Morgan fingerprint density at radius 3 is 2.29 bits per heavy atom. The van der Waals surface area contributed by atoms with Gasteiger partial charge in [-0.05, 0) is 104 Å². The molecule has 3 aromatic carbocycles. The number of methoxy groups -OCH3 is 2. The van der Waals surface area contributed by atoms with Crippen LogP contribution < -0.4 is 31.4 Å². The molecular weight excluding hydrogens is 1060 g/mol. The Labute approximate surface area is 475 Å². The van der Waals surface area contributed by atoms with Crippen LogP contribution in [0.2, 0.25) is 0 Å². The quantitative estimate of drug-likeness (QED) is 0.0193. The monoisotopic (exact) mass is 1130 g/mol. The first-order valence-corrected chi connectivity index (χ1v) is 27.8. The van der Waals surface area contributed by atoms with E-state index in [4.69, 9.17) is 34.2 Å². The topological polar surface area (TPSA) is 275 Å². The lowest BCUT2D eigenvalue weighted by Crippen LogP contribution is -2.53. The molecule has 3 aromatic heterocycles. The number of hydrogen-bond acceptors (Lipinski definition) is 16. The number of ether oxygens (including phenoxy) is 6. The fraction of sp³-hybridized carbons (Fsp3) is 0.475. The average Bonchev–Trinajstić information content (AvgIpc) is 4.25. The number of hydrogen-bond donors (Lipinski definition) is 4. The number of nitrogens with two attached hydrogens (primary N) is 1. The number of piperidine rings is 1. The zero-order chi connectivity index (χ0) is 58.6. The second-order valence-electron chi connectivity index (χ2n) is 20.6. The Morgan fingerprint density at radius 2 is 1.56 bits per heavy atom. The number of aromatic nitrogens is 6. The number of fused-ring (bicyclic) bond motifs is 1. The summed E-state index contributed by atoms with van der Waals surface area (Å²) in [6.07, 6.45) is 6.85. The molecule has 1 saturated heterocycles. The van der Waals surface area contributed by atoms with E-state index in [0.717, 1.165) is 11.1 Å². The number of anilines is 2. The molecule has 23 heteroatoms. The number of imidazole rings is 1. The van der Waals surface area contributed by atoms with Crippen molar-refractivity contribution in [3.05, 3.63) is 112 Å². The Bertz CT molecular complexity index is 3180. The molecule has 0 aliphatic carbocycles. The second kappa shape index (κ2) is 30.2. The highest BCUT2D eigenvalue weighted by Crippen LogP contribution is 2.33. The maximum Gasteiger partial charge on any atom is 0.329 e. The first-order chi connectivity index (χ1) is 39.6. The van der Waals surface area contributed by atoms with Gasteiger partial charge in [-0.15, -0.1) is 0 Å². The number of carbonyl (C=O) groups excluding carboxylic acids is 5. The van der Waals surface area contributed by atoms with Crippen LogP contribution in [0.5, 0.6) is 11.5 Å². The van der Waals surface area contributed by atoms with Gasteiger partial charge in [-0.3, -0.25) is 33.6 Å². The summed E-state index contributed by atoms with van der Waals surface area (Å²) in [6.45, 7) is 9.19. The molecule has 3 amide bonds. The first kappa shape index (κ1) is 61.6. The van der Waals surface area contributed by atoms with Gasteiger partial charge in [0.2, 0.25) is 23.5 Å². The van der Waals surface area contributed by atoms with Crippen molar-refractivity contribution < 1.29 is 56.8 Å². The lowest BCUT2D eigenvalue weighted by molar-refractivity contribution is -0.164. The number of aromatic amines is 1. The van der Waals surface area contributed by atoms with E-state index in [1.54, 1.807) is 86.0 Å². The second-order valence-corrected chi connectivity index (χ2v) is 20.6. The number of Topliss-reactive ketones (excluding diaryl/α,β-unsaturated/α-hetero) is 1. The number of esters is 1. The first-order valence-electron chi connectivity index (χ1n) is 27.8. The Morgan fingerprint density at radius 1 is 0.854 bits per heavy atom. The minimum atomic E-state index is -0.925. The van der Waals surface area contributed by atoms with Crippen LogP contribution in [0.25, 0.3) is 22.6 Å². The van der Waals surface area contributed by atoms with E-state index in [1.165, 1.54) is 17.0 Å². The van der Waals surface area contributed by atoms with E-state index in [0.29, 0.717) is 144 Å². The highest BCUT2D eigenvalue weighted by Gasteiger charge is 2.41. The predicted molar refractivity (Wildman–Crippen MR) is 303 cm³/mol. The summed E-state index contributed by atoms with van der Waals surface area (Å²) in [5.41, 5.74) is 8.37. The van der Waals surface area contributed by atoms with Gasteiger partial charge in [0.05, 0.1) is 59.0 Å². The van der Waals surface area contributed by atoms with E-state index in [9.17, 15) is 33.2 Å². The van der Waals surface area contributed by atoms with Crippen LogP contribution in [0.3, 0.4) is 0 Å². The van der Waals surface area contributed by atoms with Crippen LogP contribution >= 0.6 is 0 Å². The third-order valence-corrected chi connectivity index (χ3v) is 14.2. The minimum Gasteiger partial charge on any atom is -0.493 e. The van der Waals surface area contributed by atoms with Gasteiger partial charge in [-0.25, -0.2) is 14.2 Å². The van der Waals surface area contributed by atoms with Crippen LogP contribution in [0, 0.1) is 11.2 Å². The van der Waals surface area contributed by atoms with E-state index >= 15 is 0 Å². The van der Waals surface area contributed by atoms with Crippen molar-refractivity contribution in [1.29, 1.82) is 0 Å². The van der Waals surface area contributed by atoms with Gasteiger partial charge in [0, 0.05) is 63.0 Å². The molecular formula is C59H75FN10O12. The largest absolute Gasteiger partial charge is 0.493 e. The summed E-state index contributed by atoms with van der Waals surface area (Å²) in [6, 6.07) is 17.7. The summed E-state index contributed by atoms with van der Waals surface area (Å²) in [5.74, 6) is -1.28. The van der Waals surface area contributed by atoms with Crippen molar-refractivity contribution in [2.24, 2.45) is 5.41 Å². The molecule has 5 N–H and O–H groups in total. The van der Waals surface area contributed by atoms with Crippen molar-refractivity contribution in [2.45, 2.75) is 110 Å². The Hall–Kier alpha value is -8.02. The lowest BCUT2D eigenvalue weighted by atomic mass is 9.84. The van der Waals surface area contributed by atoms with E-state index in [1.807, 2.05) is 25.3 Å². The number of carbonyl (C=O) groups is 5. The number of aryl methyl sites for hydroxylation is 2. The Balaban J connectivity index is 0.776. The minimum absolute atomic E-state index is 0.0307. The molecule has 6 aromatic rings. The number of amides is 3. The number of benzene rings is 3. The highest BCUT2D eigenvalue weighted by atomic mass is 19.1. The molecule has 4 heterocycles. The summed E-state index contributed by atoms with van der Waals surface area (Å²) in [4.78, 5) is 92.0. The van der Waals surface area contributed by atoms with Gasteiger partial charge in [0.15, 0.2) is 22.7 Å². The van der Waals surface area contributed by atoms with Crippen molar-refractivity contribution in [1.82, 2.24) is 39.5 Å². The number of nitrogens with zero attached hydrogens (tertiary/aromatic N) is 6. The summed E-state index contributed by atoms with van der Waals surface area (Å²) in [7, 11) is 3.11. The number of halogens is 1. The van der Waals surface area contributed by atoms with Gasteiger partial charge in [-0.1, -0.05) is 51.1 Å². The number of nitrogens with one attached hydrogen (secondary N) is 3. The molecule has 7 rings (SSSR count). The highest BCUT2D eigenvalue weighted by molar-refractivity contribution is 6.38. The van der Waals surface area contributed by atoms with E-state index < -0.39 is 40.8 Å². The molecule has 82 heavy (non-hydrogen) atoms. The van der Waals surface area contributed by atoms with Crippen molar-refractivity contribution >= 4 is 52.3 Å². The molecule has 1 aliphatic heterocycles. The molecule has 0 unspecified atom stereocenters. The smallest absolute Gasteiger partial charge is 0.329 e. The molecule has 2 atom stereocenters. The number of ketones is 1. The van der Waals surface area contributed by atoms with Gasteiger partial charge in [0.25, 0.3) is 11.5 Å². The fourth-order valence-corrected chi connectivity index (χ4v) is 9.25. The number of likely N-dealkylation sites (tertiary alicyclic amines) is 1. The third-order valence-electron chi connectivity index (χ3n) is 14.2. The van der Waals surface area contributed by atoms with Gasteiger partial charge in [0.1, 0.15) is 23.8 Å². The molecule has 0 spiro atoms. The molecule has 0 saturated carbocycles. The summed E-state index contributed by atoms with van der Waals surface area (Å²) >= 11 is 0. The maximum atomic E-state index is 14.1. The molecule has 0 bridgehead atoms. The lowest BCUT2D eigenvalue weighted by Gasteiger charge is -2.36. The van der Waals surface area contributed by atoms with Crippen LogP contribution in [0.1, 0.15) is 101 Å². The average molecular weight is 1140 g/mol. The van der Waals surface area contributed by atoms with Crippen molar-refractivity contribution in [3.63, 3.8) is 0 Å². The molecule has 1 fully saturated rings. The van der Waals surface area contributed by atoms with Crippen LogP contribution in [0.15, 0.2) is 83.9 Å². The van der Waals surface area contributed by atoms with Crippen LogP contribution in [-0.4, -0.2) is 137 Å². The van der Waals surface area contributed by atoms with Crippen LogP contribution in [-0.2, 0) is 62.4 Å². The summed E-state index contributed by atoms with van der Waals surface area (Å²) in [5, 5.41) is 10.2. The van der Waals surface area contributed by atoms with Crippen molar-refractivity contribution in [2.75, 3.05) is 78.0 Å². The van der Waals surface area contributed by atoms with Crippen molar-refractivity contribution in [3.8, 4) is 22.9 Å². The van der Waals surface area contributed by atoms with E-state index in [-0.39, 0.29) is 55.0 Å². The maximum absolute atomic E-state index is 14.1. The molecule has 22 nitrogen and oxygen atoms in total. The third kappa shape index (κ3) is 17.3. The fourth-order valence-electron chi connectivity index (χ4n) is 9.25. The van der Waals surface area contributed by atoms with Gasteiger partial charge in [-0.2, -0.15) is 10.1 Å². The zero-order valence-corrected chi connectivity index (χ0v) is 47.3. The molecule has 1 aliphatic rings. The number of rotatable bonds is 32. The number of H-pyrrole nitrogens is 1. The summed E-state index contributed by atoms with van der Waals surface area (Å²) < 4.78 is 51.3. The van der Waals surface area contributed by atoms with Crippen LogP contribution in [0.4, 0.5) is 16.0 Å². The van der Waals surface area contributed by atoms with E-state index in [2.05, 4.69) is 30.7 Å². The number of nitrogen functional groups attached to an aromatic ring is 1. The molecule has 0 radical (unpaired) electrons. The zero-order valence-electron chi connectivity index (χ0n) is 47.3.